The Hall–Kier alpha value is -1.76. The molecule has 2 rings (SSSR count). The summed E-state index contributed by atoms with van der Waals surface area (Å²) in [5.41, 5.74) is 1.13. The van der Waals surface area contributed by atoms with Crippen LogP contribution >= 0.6 is 0 Å². The summed E-state index contributed by atoms with van der Waals surface area (Å²) in [7, 11) is 1.92. The van der Waals surface area contributed by atoms with Gasteiger partial charge in [0.15, 0.2) is 0 Å². The summed E-state index contributed by atoms with van der Waals surface area (Å²) >= 11 is 0. The van der Waals surface area contributed by atoms with Gasteiger partial charge in [0.2, 0.25) is 0 Å². The second-order valence-corrected chi connectivity index (χ2v) is 6.03. The SMILES string of the molecule is CN(Cc1ccn(-c2ccc(F)cc2)n1)CC(C)(CO)CO. The van der Waals surface area contributed by atoms with Gasteiger partial charge in [-0.1, -0.05) is 6.92 Å². The molecular formula is C16H22FN3O2. The summed E-state index contributed by atoms with van der Waals surface area (Å²) < 4.78 is 14.6. The van der Waals surface area contributed by atoms with Crippen molar-refractivity contribution in [3.05, 3.63) is 48.0 Å². The number of rotatable bonds is 7. The molecule has 120 valence electrons. The molecule has 0 radical (unpaired) electrons. The molecule has 0 bridgehead atoms. The van der Waals surface area contributed by atoms with Crippen LogP contribution in [0, 0.1) is 11.2 Å². The maximum absolute atomic E-state index is 12.9. The third-order valence-corrected chi connectivity index (χ3v) is 3.58. The maximum atomic E-state index is 12.9. The zero-order chi connectivity index (χ0) is 16.2. The minimum absolute atomic E-state index is 0.0716. The van der Waals surface area contributed by atoms with Crippen LogP contribution in [0.5, 0.6) is 0 Å². The molecule has 0 fully saturated rings. The van der Waals surface area contributed by atoms with Gasteiger partial charge in [0, 0.05) is 24.7 Å². The lowest BCUT2D eigenvalue weighted by molar-refractivity contribution is 0.0399. The van der Waals surface area contributed by atoms with Gasteiger partial charge in [-0.05, 0) is 37.4 Å². The first-order valence-corrected chi connectivity index (χ1v) is 7.16. The highest BCUT2D eigenvalue weighted by atomic mass is 19.1. The molecule has 22 heavy (non-hydrogen) atoms. The molecule has 0 aliphatic rings. The van der Waals surface area contributed by atoms with Gasteiger partial charge in [-0.2, -0.15) is 5.10 Å². The molecule has 1 aromatic heterocycles. The summed E-state index contributed by atoms with van der Waals surface area (Å²) in [5.74, 6) is -0.275. The number of aliphatic hydroxyl groups excluding tert-OH is 2. The van der Waals surface area contributed by atoms with Crippen LogP contribution in [0.25, 0.3) is 5.69 Å². The summed E-state index contributed by atoms with van der Waals surface area (Å²) in [5, 5.41) is 23.1. The lowest BCUT2D eigenvalue weighted by atomic mass is 9.92. The zero-order valence-electron chi connectivity index (χ0n) is 12.9. The van der Waals surface area contributed by atoms with E-state index in [-0.39, 0.29) is 19.0 Å². The van der Waals surface area contributed by atoms with Gasteiger partial charge in [0.1, 0.15) is 5.82 Å². The van der Waals surface area contributed by atoms with Gasteiger partial charge in [-0.15, -0.1) is 0 Å². The third kappa shape index (κ3) is 4.13. The van der Waals surface area contributed by atoms with Crippen LogP contribution in [0.1, 0.15) is 12.6 Å². The Morgan fingerprint density at radius 1 is 1.18 bits per heavy atom. The van der Waals surface area contributed by atoms with E-state index in [0.29, 0.717) is 13.1 Å². The molecule has 0 spiro atoms. The average molecular weight is 307 g/mol. The zero-order valence-corrected chi connectivity index (χ0v) is 12.9. The minimum Gasteiger partial charge on any atom is -0.396 e. The molecular weight excluding hydrogens is 285 g/mol. The van der Waals surface area contributed by atoms with E-state index in [1.807, 2.05) is 31.1 Å². The first-order valence-electron chi connectivity index (χ1n) is 7.16. The molecule has 1 aromatic carbocycles. The minimum atomic E-state index is -0.533. The predicted molar refractivity (Wildman–Crippen MR) is 82.1 cm³/mol. The molecule has 2 aromatic rings. The third-order valence-electron chi connectivity index (χ3n) is 3.58. The highest BCUT2D eigenvalue weighted by molar-refractivity contribution is 5.31. The van der Waals surface area contributed by atoms with Gasteiger partial charge >= 0.3 is 0 Å². The van der Waals surface area contributed by atoms with Gasteiger partial charge in [0.25, 0.3) is 0 Å². The van der Waals surface area contributed by atoms with Gasteiger partial charge < -0.3 is 10.2 Å². The molecule has 0 aliphatic carbocycles. The number of hydrogen-bond acceptors (Lipinski definition) is 4. The highest BCUT2D eigenvalue weighted by Crippen LogP contribution is 2.17. The molecule has 0 saturated heterocycles. The van der Waals surface area contributed by atoms with Crippen LogP contribution in [-0.2, 0) is 6.54 Å². The molecule has 0 atom stereocenters. The number of aliphatic hydroxyl groups is 2. The fourth-order valence-corrected chi connectivity index (χ4v) is 2.32. The summed E-state index contributed by atoms with van der Waals surface area (Å²) in [6, 6.07) is 8.04. The number of aromatic nitrogens is 2. The fourth-order valence-electron chi connectivity index (χ4n) is 2.32. The average Bonchev–Trinajstić information content (AvgIpc) is 2.96. The van der Waals surface area contributed by atoms with Crippen LogP contribution in [0.15, 0.2) is 36.5 Å². The summed E-state index contributed by atoms with van der Waals surface area (Å²) in [6.45, 7) is 2.85. The van der Waals surface area contributed by atoms with Crippen LogP contribution in [0.4, 0.5) is 4.39 Å². The molecule has 0 amide bonds. The van der Waals surface area contributed by atoms with Crippen molar-refractivity contribution in [2.45, 2.75) is 13.5 Å². The van der Waals surface area contributed by atoms with E-state index < -0.39 is 5.41 Å². The van der Waals surface area contributed by atoms with E-state index in [1.54, 1.807) is 16.8 Å². The number of halogens is 1. The normalized spacial score (nSPS) is 12.1. The Bertz CT molecular complexity index is 594. The Morgan fingerprint density at radius 2 is 1.82 bits per heavy atom. The van der Waals surface area contributed by atoms with E-state index in [1.165, 1.54) is 12.1 Å². The molecule has 1 heterocycles. The van der Waals surface area contributed by atoms with Crippen molar-refractivity contribution in [1.82, 2.24) is 14.7 Å². The lowest BCUT2D eigenvalue weighted by Crippen LogP contribution is -2.38. The summed E-state index contributed by atoms with van der Waals surface area (Å²) in [6.07, 6.45) is 1.83. The largest absolute Gasteiger partial charge is 0.396 e. The molecule has 5 nitrogen and oxygen atoms in total. The van der Waals surface area contributed by atoms with Crippen molar-refractivity contribution in [2.75, 3.05) is 26.8 Å². The summed E-state index contributed by atoms with van der Waals surface area (Å²) in [4.78, 5) is 2.00. The quantitative estimate of drug-likeness (QED) is 0.812. The Labute approximate surface area is 129 Å². The van der Waals surface area contributed by atoms with Crippen molar-refractivity contribution in [3.63, 3.8) is 0 Å². The fraction of sp³-hybridized carbons (Fsp3) is 0.438. The van der Waals surface area contributed by atoms with Gasteiger partial charge in [0.05, 0.1) is 24.6 Å². The molecule has 0 saturated carbocycles. The first kappa shape index (κ1) is 16.6. The van der Waals surface area contributed by atoms with Crippen molar-refractivity contribution < 1.29 is 14.6 Å². The predicted octanol–water partition coefficient (Wildman–Crippen LogP) is 1.43. The van der Waals surface area contributed by atoms with Gasteiger partial charge in [-0.25, -0.2) is 9.07 Å². The Morgan fingerprint density at radius 3 is 2.41 bits per heavy atom. The standard InChI is InChI=1S/C16H22FN3O2/c1-16(11-21,12-22)10-19(2)9-14-7-8-20(18-14)15-5-3-13(17)4-6-15/h3-8,21-22H,9-12H2,1-2H3. The van der Waals surface area contributed by atoms with E-state index >= 15 is 0 Å². The van der Waals surface area contributed by atoms with Crippen LogP contribution in [-0.4, -0.2) is 51.7 Å². The van der Waals surface area contributed by atoms with E-state index in [2.05, 4.69) is 5.10 Å². The van der Waals surface area contributed by atoms with E-state index in [9.17, 15) is 14.6 Å². The van der Waals surface area contributed by atoms with E-state index in [0.717, 1.165) is 11.4 Å². The highest BCUT2D eigenvalue weighted by Gasteiger charge is 2.24. The molecule has 6 heteroatoms. The van der Waals surface area contributed by atoms with Crippen LogP contribution < -0.4 is 0 Å². The lowest BCUT2D eigenvalue weighted by Gasteiger charge is -2.29. The number of benzene rings is 1. The molecule has 0 unspecified atom stereocenters. The number of hydrogen-bond donors (Lipinski definition) is 2. The topological polar surface area (TPSA) is 61.5 Å². The second-order valence-electron chi connectivity index (χ2n) is 6.03. The Kier molecular flexibility index (Phi) is 5.28. The maximum Gasteiger partial charge on any atom is 0.123 e. The second kappa shape index (κ2) is 7.00. The molecule has 0 aliphatic heterocycles. The van der Waals surface area contributed by atoms with Crippen molar-refractivity contribution >= 4 is 0 Å². The number of nitrogens with zero attached hydrogens (tertiary/aromatic N) is 3. The van der Waals surface area contributed by atoms with Crippen molar-refractivity contribution in [2.24, 2.45) is 5.41 Å². The van der Waals surface area contributed by atoms with Crippen molar-refractivity contribution in [1.29, 1.82) is 0 Å². The first-order chi connectivity index (χ1) is 10.5. The monoisotopic (exact) mass is 307 g/mol. The van der Waals surface area contributed by atoms with Crippen LogP contribution in [0.3, 0.4) is 0 Å². The molecule has 2 N–H and O–H groups in total. The van der Waals surface area contributed by atoms with Crippen LogP contribution in [0.2, 0.25) is 0 Å². The Balaban J connectivity index is 2.01. The van der Waals surface area contributed by atoms with E-state index in [4.69, 9.17) is 0 Å². The van der Waals surface area contributed by atoms with Crippen molar-refractivity contribution in [3.8, 4) is 5.69 Å². The van der Waals surface area contributed by atoms with Gasteiger partial charge in [-0.3, -0.25) is 4.90 Å². The smallest absolute Gasteiger partial charge is 0.123 e.